The van der Waals surface area contributed by atoms with Gasteiger partial charge in [-0.2, -0.15) is 0 Å². The Morgan fingerprint density at radius 3 is 2.45 bits per heavy atom. The van der Waals surface area contributed by atoms with Crippen molar-refractivity contribution in [1.82, 2.24) is 4.90 Å². The van der Waals surface area contributed by atoms with E-state index < -0.39 is 18.1 Å². The molecule has 4 rings (SSSR count). The van der Waals surface area contributed by atoms with Gasteiger partial charge in [-0.15, -0.1) is 0 Å². The molecule has 1 aliphatic rings. The van der Waals surface area contributed by atoms with E-state index in [2.05, 4.69) is 0 Å². The van der Waals surface area contributed by atoms with Gasteiger partial charge in [0.15, 0.2) is 0 Å². The molecule has 0 saturated carbocycles. The third kappa shape index (κ3) is 4.96. The van der Waals surface area contributed by atoms with Crippen molar-refractivity contribution < 1.29 is 24.2 Å². The van der Waals surface area contributed by atoms with Crippen molar-refractivity contribution in [2.24, 2.45) is 0 Å². The molecule has 1 fully saturated rings. The first kappa shape index (κ1) is 22.7. The third-order valence-corrected chi connectivity index (χ3v) is 6.15. The zero-order valence-corrected chi connectivity index (χ0v) is 18.9. The summed E-state index contributed by atoms with van der Waals surface area (Å²) in [7, 11) is 1.61. The Labute approximate surface area is 197 Å². The van der Waals surface area contributed by atoms with Crippen LogP contribution in [0.3, 0.4) is 0 Å². The summed E-state index contributed by atoms with van der Waals surface area (Å²) in [6, 6.07) is 20.3. The average molecular weight is 466 g/mol. The van der Waals surface area contributed by atoms with Gasteiger partial charge in [0, 0.05) is 10.6 Å². The molecule has 1 saturated heterocycles. The Morgan fingerprint density at radius 2 is 1.76 bits per heavy atom. The van der Waals surface area contributed by atoms with Gasteiger partial charge in [-0.25, -0.2) is 4.79 Å². The van der Waals surface area contributed by atoms with Gasteiger partial charge >= 0.3 is 5.97 Å². The van der Waals surface area contributed by atoms with Gasteiger partial charge in [-0.05, 0) is 66.4 Å². The largest absolute Gasteiger partial charge is 0.497 e. The number of aliphatic carboxylic acids is 1. The molecule has 3 aromatic carbocycles. The number of hydrogen-bond donors (Lipinski definition) is 1. The van der Waals surface area contributed by atoms with Gasteiger partial charge in [0.25, 0.3) is 5.91 Å². The van der Waals surface area contributed by atoms with Gasteiger partial charge in [0.2, 0.25) is 0 Å². The first-order valence-corrected chi connectivity index (χ1v) is 11.0. The smallest absolute Gasteiger partial charge is 0.326 e. The van der Waals surface area contributed by atoms with E-state index in [-0.39, 0.29) is 5.91 Å². The van der Waals surface area contributed by atoms with Crippen molar-refractivity contribution in [3.05, 3.63) is 94.5 Å². The molecular weight excluding hydrogens is 442 g/mol. The zero-order chi connectivity index (χ0) is 23.4. The fraction of sp³-hybridized carbons (Fsp3) is 0.231. The molecule has 0 spiro atoms. The lowest BCUT2D eigenvalue weighted by atomic mass is 10.0. The summed E-state index contributed by atoms with van der Waals surface area (Å²) in [4.78, 5) is 26.7. The molecule has 6 nitrogen and oxygen atoms in total. The molecule has 0 bridgehead atoms. The SMILES string of the molecule is COc1cccc(COc2ccc(C(=O)N3[C@@H](c4ccccc4Cl)CC[C@H]3C(=O)O)cc2)c1. The molecule has 0 unspecified atom stereocenters. The van der Waals surface area contributed by atoms with Gasteiger partial charge in [-0.3, -0.25) is 4.79 Å². The van der Waals surface area contributed by atoms with E-state index in [9.17, 15) is 14.7 Å². The molecule has 170 valence electrons. The highest BCUT2D eigenvalue weighted by Crippen LogP contribution is 2.40. The van der Waals surface area contributed by atoms with Crippen LogP contribution in [0, 0.1) is 0 Å². The summed E-state index contributed by atoms with van der Waals surface area (Å²) in [6.45, 7) is 0.353. The Hall–Kier alpha value is -3.51. The van der Waals surface area contributed by atoms with Crippen LogP contribution in [0.2, 0.25) is 5.02 Å². The Kier molecular flexibility index (Phi) is 6.84. The molecule has 33 heavy (non-hydrogen) atoms. The second-order valence-corrected chi connectivity index (χ2v) is 8.25. The van der Waals surface area contributed by atoms with Crippen molar-refractivity contribution in [3.63, 3.8) is 0 Å². The van der Waals surface area contributed by atoms with Crippen molar-refractivity contribution in [2.45, 2.75) is 31.5 Å². The first-order chi connectivity index (χ1) is 16.0. The molecule has 0 radical (unpaired) electrons. The standard InChI is InChI=1S/C26H24ClNO5/c1-32-20-6-4-5-17(15-20)16-33-19-11-9-18(10-12-19)25(29)28-23(13-14-24(28)26(30)31)21-7-2-3-8-22(21)27/h2-12,15,23-24H,13-14,16H2,1H3,(H,30,31)/t23-,24+/m1/s1. The number of carboxylic acids is 1. The Balaban J connectivity index is 1.51. The van der Waals surface area contributed by atoms with Gasteiger partial charge in [0.1, 0.15) is 24.1 Å². The lowest BCUT2D eigenvalue weighted by Crippen LogP contribution is -2.41. The highest BCUT2D eigenvalue weighted by Gasteiger charge is 2.42. The van der Waals surface area contributed by atoms with E-state index in [4.69, 9.17) is 21.1 Å². The van der Waals surface area contributed by atoms with Crippen LogP contribution in [0.4, 0.5) is 0 Å². The minimum Gasteiger partial charge on any atom is -0.497 e. The van der Waals surface area contributed by atoms with E-state index >= 15 is 0 Å². The van der Waals surface area contributed by atoms with E-state index in [0.717, 1.165) is 16.9 Å². The summed E-state index contributed by atoms with van der Waals surface area (Å²) < 4.78 is 11.0. The third-order valence-electron chi connectivity index (χ3n) is 5.81. The van der Waals surface area contributed by atoms with Gasteiger partial charge < -0.3 is 19.5 Å². The molecular formula is C26H24ClNO5. The molecule has 7 heteroatoms. The predicted molar refractivity (Wildman–Crippen MR) is 125 cm³/mol. The number of hydrogen-bond acceptors (Lipinski definition) is 4. The second kappa shape index (κ2) is 9.96. The highest BCUT2D eigenvalue weighted by atomic mass is 35.5. The number of benzene rings is 3. The highest BCUT2D eigenvalue weighted by molar-refractivity contribution is 6.31. The van der Waals surface area contributed by atoms with Crippen LogP contribution in [0.1, 0.15) is 40.4 Å². The first-order valence-electron chi connectivity index (χ1n) is 10.6. The number of carbonyl (C=O) groups is 2. The van der Waals surface area contributed by atoms with E-state index in [1.54, 1.807) is 37.4 Å². The van der Waals surface area contributed by atoms with Crippen LogP contribution in [0.5, 0.6) is 11.5 Å². The van der Waals surface area contributed by atoms with Crippen LogP contribution < -0.4 is 9.47 Å². The molecule has 3 aromatic rings. The quantitative estimate of drug-likeness (QED) is 0.508. The van der Waals surface area contributed by atoms with Crippen LogP contribution in [0.25, 0.3) is 0 Å². The Bertz CT molecular complexity index is 1150. The molecule has 1 aliphatic heterocycles. The molecule has 1 N–H and O–H groups in total. The fourth-order valence-corrected chi connectivity index (χ4v) is 4.42. The molecule has 0 aromatic heterocycles. The van der Waals surface area contributed by atoms with Crippen molar-refractivity contribution in [2.75, 3.05) is 7.11 Å². The Morgan fingerprint density at radius 1 is 1.00 bits per heavy atom. The topological polar surface area (TPSA) is 76.1 Å². The number of carbonyl (C=O) groups excluding carboxylic acids is 1. The summed E-state index contributed by atoms with van der Waals surface area (Å²) in [5.41, 5.74) is 2.11. The lowest BCUT2D eigenvalue weighted by Gasteiger charge is -2.29. The van der Waals surface area contributed by atoms with Gasteiger partial charge in [0.05, 0.1) is 13.2 Å². The maximum atomic E-state index is 13.4. The number of carboxylic acid groups (broad SMARTS) is 1. The predicted octanol–water partition coefficient (Wildman–Crippen LogP) is 5.36. The lowest BCUT2D eigenvalue weighted by molar-refractivity contribution is -0.141. The maximum absolute atomic E-state index is 13.4. The number of rotatable bonds is 7. The fourth-order valence-electron chi connectivity index (χ4n) is 4.16. The second-order valence-electron chi connectivity index (χ2n) is 7.85. The zero-order valence-electron chi connectivity index (χ0n) is 18.1. The summed E-state index contributed by atoms with van der Waals surface area (Å²) >= 11 is 6.36. The number of ether oxygens (including phenoxy) is 2. The van der Waals surface area contributed by atoms with Crippen LogP contribution in [0.15, 0.2) is 72.8 Å². The number of likely N-dealkylation sites (tertiary alicyclic amines) is 1. The number of methoxy groups -OCH3 is 1. The minimum atomic E-state index is -1.02. The number of amides is 1. The molecule has 1 amide bonds. The summed E-state index contributed by atoms with van der Waals surface area (Å²) in [5.74, 6) is -0.00254. The summed E-state index contributed by atoms with van der Waals surface area (Å²) in [5, 5.41) is 10.2. The summed E-state index contributed by atoms with van der Waals surface area (Å²) in [6.07, 6.45) is 0.910. The average Bonchev–Trinajstić information content (AvgIpc) is 3.28. The molecule has 0 aliphatic carbocycles. The minimum absolute atomic E-state index is 0.343. The molecule has 2 atom stereocenters. The van der Waals surface area contributed by atoms with Crippen LogP contribution in [-0.4, -0.2) is 35.0 Å². The normalized spacial score (nSPS) is 17.6. The van der Waals surface area contributed by atoms with Gasteiger partial charge in [-0.1, -0.05) is 41.9 Å². The number of halogens is 1. The van der Waals surface area contributed by atoms with E-state index in [1.807, 2.05) is 42.5 Å². The van der Waals surface area contributed by atoms with Crippen LogP contribution in [-0.2, 0) is 11.4 Å². The van der Waals surface area contributed by atoms with Crippen molar-refractivity contribution in [3.8, 4) is 11.5 Å². The maximum Gasteiger partial charge on any atom is 0.326 e. The van der Waals surface area contributed by atoms with Crippen molar-refractivity contribution >= 4 is 23.5 Å². The van der Waals surface area contributed by atoms with Crippen molar-refractivity contribution in [1.29, 1.82) is 0 Å². The van der Waals surface area contributed by atoms with Crippen LogP contribution >= 0.6 is 11.6 Å². The number of nitrogens with zero attached hydrogens (tertiary/aromatic N) is 1. The van der Waals surface area contributed by atoms with E-state index in [1.165, 1.54) is 4.90 Å². The van der Waals surface area contributed by atoms with E-state index in [0.29, 0.717) is 35.8 Å². The molecule has 1 heterocycles. The monoisotopic (exact) mass is 465 g/mol.